The Morgan fingerprint density at radius 1 is 1.43 bits per heavy atom. The fourth-order valence-corrected chi connectivity index (χ4v) is 2.35. The lowest BCUT2D eigenvalue weighted by Crippen LogP contribution is -2.37. The van der Waals surface area contributed by atoms with E-state index in [0.29, 0.717) is 18.1 Å². The fraction of sp³-hybridized carbons (Fsp3) is 1.00. The first-order chi connectivity index (χ1) is 6.75. The van der Waals surface area contributed by atoms with Crippen molar-refractivity contribution < 1.29 is 4.74 Å². The van der Waals surface area contributed by atoms with Crippen LogP contribution < -0.4 is 5.43 Å². The van der Waals surface area contributed by atoms with E-state index in [-0.39, 0.29) is 0 Å². The topological polar surface area (TPSA) is 24.5 Å². The summed E-state index contributed by atoms with van der Waals surface area (Å²) in [6, 6.07) is 0. The summed E-state index contributed by atoms with van der Waals surface area (Å²) in [6.07, 6.45) is 4.73. The van der Waals surface area contributed by atoms with E-state index < -0.39 is 0 Å². The number of rotatable bonds is 3. The second kappa shape index (κ2) is 4.60. The van der Waals surface area contributed by atoms with Crippen LogP contribution in [0, 0.1) is 5.92 Å². The van der Waals surface area contributed by atoms with Crippen molar-refractivity contribution in [1.82, 2.24) is 10.4 Å². The van der Waals surface area contributed by atoms with Gasteiger partial charge >= 0.3 is 0 Å². The maximum Gasteiger partial charge on any atom is 0.0720 e. The van der Waals surface area contributed by atoms with Crippen LogP contribution in [0.1, 0.15) is 33.1 Å². The van der Waals surface area contributed by atoms with Gasteiger partial charge in [-0.2, -0.15) is 0 Å². The molecule has 0 bridgehead atoms. The SMILES string of the molecule is CC(C)C1CCC(CN2CCCN2)O1. The van der Waals surface area contributed by atoms with Gasteiger partial charge in [0.05, 0.1) is 12.2 Å². The molecule has 2 unspecified atom stereocenters. The van der Waals surface area contributed by atoms with Crippen LogP contribution in [0.15, 0.2) is 0 Å². The Balaban J connectivity index is 1.72. The van der Waals surface area contributed by atoms with Crippen molar-refractivity contribution in [2.24, 2.45) is 5.92 Å². The Labute approximate surface area is 86.8 Å². The lowest BCUT2D eigenvalue weighted by molar-refractivity contribution is -0.000892. The third kappa shape index (κ3) is 2.47. The molecule has 0 aromatic carbocycles. The molecule has 82 valence electrons. The van der Waals surface area contributed by atoms with Crippen molar-refractivity contribution >= 4 is 0 Å². The molecule has 0 aromatic rings. The van der Waals surface area contributed by atoms with Crippen LogP contribution in [0.2, 0.25) is 0 Å². The molecule has 2 fully saturated rings. The first-order valence-electron chi connectivity index (χ1n) is 5.89. The molecule has 2 heterocycles. The summed E-state index contributed by atoms with van der Waals surface area (Å²) in [5.74, 6) is 0.673. The molecule has 0 aliphatic carbocycles. The summed E-state index contributed by atoms with van der Waals surface area (Å²) in [6.45, 7) is 7.90. The van der Waals surface area contributed by atoms with Gasteiger partial charge < -0.3 is 4.74 Å². The van der Waals surface area contributed by atoms with Crippen LogP contribution in [-0.4, -0.2) is 36.9 Å². The minimum absolute atomic E-state index is 0.466. The molecule has 0 radical (unpaired) electrons. The van der Waals surface area contributed by atoms with Crippen LogP contribution >= 0.6 is 0 Å². The molecular weight excluding hydrogens is 176 g/mol. The van der Waals surface area contributed by atoms with E-state index in [9.17, 15) is 0 Å². The predicted octanol–water partition coefficient (Wildman–Crippen LogP) is 1.40. The molecule has 2 saturated heterocycles. The van der Waals surface area contributed by atoms with Gasteiger partial charge in [-0.3, -0.25) is 5.43 Å². The van der Waals surface area contributed by atoms with E-state index in [0.717, 1.165) is 13.1 Å². The molecule has 2 atom stereocenters. The average molecular weight is 198 g/mol. The Morgan fingerprint density at radius 3 is 2.86 bits per heavy atom. The third-order valence-electron chi connectivity index (χ3n) is 3.25. The monoisotopic (exact) mass is 198 g/mol. The standard InChI is InChI=1S/C11H22N2O/c1-9(2)11-5-4-10(14-11)8-13-7-3-6-12-13/h9-12H,3-8H2,1-2H3. The number of nitrogens with one attached hydrogen (secondary N) is 1. The van der Waals surface area contributed by atoms with Gasteiger partial charge in [-0.05, 0) is 25.2 Å². The van der Waals surface area contributed by atoms with E-state index in [2.05, 4.69) is 24.3 Å². The van der Waals surface area contributed by atoms with E-state index >= 15 is 0 Å². The molecule has 2 aliphatic heterocycles. The Bertz CT molecular complexity index is 178. The van der Waals surface area contributed by atoms with Gasteiger partial charge in [0.25, 0.3) is 0 Å². The maximum atomic E-state index is 6.00. The van der Waals surface area contributed by atoms with E-state index in [1.807, 2.05) is 0 Å². The summed E-state index contributed by atoms with van der Waals surface area (Å²) < 4.78 is 6.00. The Kier molecular flexibility index (Phi) is 3.42. The molecule has 14 heavy (non-hydrogen) atoms. The zero-order chi connectivity index (χ0) is 9.97. The summed E-state index contributed by atoms with van der Waals surface area (Å²) in [5.41, 5.74) is 3.38. The highest BCUT2D eigenvalue weighted by Crippen LogP contribution is 2.25. The third-order valence-corrected chi connectivity index (χ3v) is 3.25. The van der Waals surface area contributed by atoms with Crippen molar-refractivity contribution in [3.63, 3.8) is 0 Å². The van der Waals surface area contributed by atoms with Crippen LogP contribution in [-0.2, 0) is 4.74 Å². The molecule has 2 rings (SSSR count). The van der Waals surface area contributed by atoms with Crippen LogP contribution in [0.25, 0.3) is 0 Å². The molecule has 3 nitrogen and oxygen atoms in total. The van der Waals surface area contributed by atoms with Crippen molar-refractivity contribution in [2.45, 2.75) is 45.3 Å². The number of hydrogen-bond acceptors (Lipinski definition) is 3. The summed E-state index contributed by atoms with van der Waals surface area (Å²) in [5, 5.41) is 2.31. The number of ether oxygens (including phenoxy) is 1. The molecule has 3 heteroatoms. The number of hydrogen-bond donors (Lipinski definition) is 1. The molecule has 0 amide bonds. The van der Waals surface area contributed by atoms with Crippen molar-refractivity contribution in [3.05, 3.63) is 0 Å². The first kappa shape index (κ1) is 10.4. The van der Waals surface area contributed by atoms with Crippen molar-refractivity contribution in [2.75, 3.05) is 19.6 Å². The van der Waals surface area contributed by atoms with Gasteiger partial charge in [0.2, 0.25) is 0 Å². The highest BCUT2D eigenvalue weighted by atomic mass is 16.5. The van der Waals surface area contributed by atoms with Gasteiger partial charge in [-0.15, -0.1) is 0 Å². The molecule has 1 N–H and O–H groups in total. The highest BCUT2D eigenvalue weighted by molar-refractivity contribution is 4.78. The second-order valence-corrected chi connectivity index (χ2v) is 4.83. The minimum atomic E-state index is 0.466. The lowest BCUT2D eigenvalue weighted by Gasteiger charge is -2.21. The normalized spacial score (nSPS) is 34.5. The van der Waals surface area contributed by atoms with Gasteiger partial charge in [0.1, 0.15) is 0 Å². The lowest BCUT2D eigenvalue weighted by atomic mass is 10.0. The average Bonchev–Trinajstić information content (AvgIpc) is 2.75. The van der Waals surface area contributed by atoms with E-state index in [4.69, 9.17) is 4.74 Å². The van der Waals surface area contributed by atoms with Gasteiger partial charge in [0, 0.05) is 19.6 Å². The van der Waals surface area contributed by atoms with Crippen LogP contribution in [0.4, 0.5) is 0 Å². The molecular formula is C11H22N2O. The molecule has 0 aromatic heterocycles. The van der Waals surface area contributed by atoms with Crippen LogP contribution in [0.3, 0.4) is 0 Å². The van der Waals surface area contributed by atoms with Crippen molar-refractivity contribution in [3.8, 4) is 0 Å². The zero-order valence-electron chi connectivity index (χ0n) is 9.33. The van der Waals surface area contributed by atoms with Gasteiger partial charge in [-0.1, -0.05) is 13.8 Å². The van der Waals surface area contributed by atoms with Gasteiger partial charge in [-0.25, -0.2) is 5.01 Å². The molecule has 0 spiro atoms. The van der Waals surface area contributed by atoms with E-state index in [1.54, 1.807) is 0 Å². The van der Waals surface area contributed by atoms with E-state index in [1.165, 1.54) is 25.8 Å². The first-order valence-corrected chi connectivity index (χ1v) is 5.89. The molecule has 2 aliphatic rings. The minimum Gasteiger partial charge on any atom is -0.373 e. The fourth-order valence-electron chi connectivity index (χ4n) is 2.35. The van der Waals surface area contributed by atoms with Crippen LogP contribution in [0.5, 0.6) is 0 Å². The number of hydrazine groups is 1. The quantitative estimate of drug-likeness (QED) is 0.742. The Morgan fingerprint density at radius 2 is 2.29 bits per heavy atom. The largest absolute Gasteiger partial charge is 0.373 e. The Hall–Kier alpha value is -0.120. The molecule has 0 saturated carbocycles. The summed E-state index contributed by atoms with van der Waals surface area (Å²) in [7, 11) is 0. The smallest absolute Gasteiger partial charge is 0.0720 e. The zero-order valence-corrected chi connectivity index (χ0v) is 9.33. The summed E-state index contributed by atoms with van der Waals surface area (Å²) >= 11 is 0. The predicted molar refractivity (Wildman–Crippen MR) is 56.9 cm³/mol. The summed E-state index contributed by atoms with van der Waals surface area (Å²) in [4.78, 5) is 0. The number of nitrogens with zero attached hydrogens (tertiary/aromatic N) is 1. The van der Waals surface area contributed by atoms with Gasteiger partial charge in [0.15, 0.2) is 0 Å². The highest BCUT2D eigenvalue weighted by Gasteiger charge is 2.29. The second-order valence-electron chi connectivity index (χ2n) is 4.83. The van der Waals surface area contributed by atoms with Crippen molar-refractivity contribution in [1.29, 1.82) is 0 Å². The maximum absolute atomic E-state index is 6.00.